The molecule has 1 heterocycles. The summed E-state index contributed by atoms with van der Waals surface area (Å²) in [5, 5.41) is 13.9. The summed E-state index contributed by atoms with van der Waals surface area (Å²) in [6.45, 7) is 0.590. The maximum atomic E-state index is 11.4. The Morgan fingerprint density at radius 3 is 2.62 bits per heavy atom. The van der Waals surface area contributed by atoms with Crippen LogP contribution in [0.2, 0.25) is 5.02 Å². The molecule has 1 aliphatic heterocycles. The van der Waals surface area contributed by atoms with Crippen molar-refractivity contribution in [3.63, 3.8) is 0 Å². The number of aliphatic hydroxyl groups is 1. The fraction of sp³-hybridized carbons (Fsp3) is 0.333. The van der Waals surface area contributed by atoms with Crippen molar-refractivity contribution < 1.29 is 5.11 Å². The van der Waals surface area contributed by atoms with Gasteiger partial charge in [-0.3, -0.25) is 4.99 Å². The molecule has 5 heteroatoms. The Balaban J connectivity index is 1.64. The SMILES string of the molecule is OC12CCCCC1C(=Nc1ccc(Cl)cc1)SC2=NCc1ccccc1. The lowest BCUT2D eigenvalue weighted by molar-refractivity contribution is 0.0490. The first-order chi connectivity index (χ1) is 12.6. The average molecular weight is 385 g/mol. The molecular formula is C21H21ClN2OS. The highest BCUT2D eigenvalue weighted by atomic mass is 35.5. The lowest BCUT2D eigenvalue weighted by Gasteiger charge is -2.33. The summed E-state index contributed by atoms with van der Waals surface area (Å²) in [4.78, 5) is 9.60. The molecule has 26 heavy (non-hydrogen) atoms. The molecular weight excluding hydrogens is 364 g/mol. The standard InChI is InChI=1S/C21H21ClN2OS/c22-16-9-11-17(12-10-16)24-19-18-8-4-5-13-21(18,25)20(26-19)23-14-15-6-2-1-3-7-15/h1-3,6-7,9-12,18,25H,4-5,8,13-14H2. The van der Waals surface area contributed by atoms with E-state index in [2.05, 4.69) is 12.1 Å². The van der Waals surface area contributed by atoms with Crippen molar-refractivity contribution in [3.8, 4) is 0 Å². The fourth-order valence-electron chi connectivity index (χ4n) is 3.66. The van der Waals surface area contributed by atoms with Crippen molar-refractivity contribution in [2.45, 2.75) is 37.8 Å². The van der Waals surface area contributed by atoms with E-state index in [1.807, 2.05) is 42.5 Å². The highest BCUT2D eigenvalue weighted by Gasteiger charge is 2.52. The molecule has 0 bridgehead atoms. The van der Waals surface area contributed by atoms with Crippen LogP contribution in [-0.4, -0.2) is 20.8 Å². The number of hydrogen-bond acceptors (Lipinski definition) is 4. The summed E-state index contributed by atoms with van der Waals surface area (Å²) in [5.41, 5.74) is 1.16. The molecule has 4 rings (SSSR count). The third kappa shape index (κ3) is 3.59. The molecule has 1 aliphatic carbocycles. The van der Waals surface area contributed by atoms with E-state index < -0.39 is 5.60 Å². The zero-order chi connectivity index (χ0) is 18.0. The van der Waals surface area contributed by atoms with Gasteiger partial charge in [-0.2, -0.15) is 0 Å². The van der Waals surface area contributed by atoms with E-state index in [9.17, 15) is 5.11 Å². The first-order valence-electron chi connectivity index (χ1n) is 8.98. The van der Waals surface area contributed by atoms with Crippen molar-refractivity contribution in [2.24, 2.45) is 15.9 Å². The van der Waals surface area contributed by atoms with Gasteiger partial charge in [0.05, 0.1) is 17.3 Å². The van der Waals surface area contributed by atoms with Crippen molar-refractivity contribution in [1.82, 2.24) is 0 Å². The smallest absolute Gasteiger partial charge is 0.121 e. The van der Waals surface area contributed by atoms with Crippen molar-refractivity contribution in [3.05, 3.63) is 65.2 Å². The van der Waals surface area contributed by atoms with Crippen molar-refractivity contribution in [2.75, 3.05) is 0 Å². The highest BCUT2D eigenvalue weighted by molar-refractivity contribution is 8.27. The Kier molecular flexibility index (Phi) is 5.16. The van der Waals surface area contributed by atoms with E-state index in [-0.39, 0.29) is 5.92 Å². The first kappa shape index (κ1) is 17.8. The van der Waals surface area contributed by atoms with Crippen LogP contribution in [0.5, 0.6) is 0 Å². The quantitative estimate of drug-likeness (QED) is 0.744. The molecule has 1 N–H and O–H groups in total. The molecule has 0 spiro atoms. The van der Waals surface area contributed by atoms with Crippen LogP contribution in [0.3, 0.4) is 0 Å². The molecule has 1 saturated carbocycles. The van der Waals surface area contributed by atoms with Gasteiger partial charge in [0.25, 0.3) is 0 Å². The van der Waals surface area contributed by atoms with Crippen LogP contribution in [0.25, 0.3) is 0 Å². The molecule has 2 aromatic carbocycles. The van der Waals surface area contributed by atoms with Crippen LogP contribution >= 0.6 is 23.4 Å². The molecule has 2 aliphatic rings. The van der Waals surface area contributed by atoms with Crippen LogP contribution in [0.15, 0.2) is 64.6 Å². The first-order valence-corrected chi connectivity index (χ1v) is 10.2. The summed E-state index contributed by atoms with van der Waals surface area (Å²) in [6, 6.07) is 17.7. The molecule has 0 amide bonds. The second kappa shape index (κ2) is 7.55. The maximum Gasteiger partial charge on any atom is 0.121 e. The van der Waals surface area contributed by atoms with E-state index in [1.165, 1.54) is 0 Å². The Bertz CT molecular complexity index is 835. The minimum absolute atomic E-state index is 0.0476. The van der Waals surface area contributed by atoms with Gasteiger partial charge in [0.1, 0.15) is 10.6 Å². The van der Waals surface area contributed by atoms with Crippen LogP contribution < -0.4 is 0 Å². The normalized spacial score (nSPS) is 28.5. The van der Waals surface area contributed by atoms with Gasteiger partial charge >= 0.3 is 0 Å². The average Bonchev–Trinajstić information content (AvgIpc) is 2.94. The zero-order valence-electron chi connectivity index (χ0n) is 14.4. The molecule has 1 saturated heterocycles. The predicted molar refractivity (Wildman–Crippen MR) is 111 cm³/mol. The molecule has 2 aromatic rings. The molecule has 2 fully saturated rings. The molecule has 0 aromatic heterocycles. The molecule has 2 unspecified atom stereocenters. The second-order valence-electron chi connectivity index (χ2n) is 6.86. The lowest BCUT2D eigenvalue weighted by atomic mass is 9.76. The number of halogens is 1. The highest BCUT2D eigenvalue weighted by Crippen LogP contribution is 2.48. The zero-order valence-corrected chi connectivity index (χ0v) is 16.0. The monoisotopic (exact) mass is 384 g/mol. The van der Waals surface area contributed by atoms with Crippen LogP contribution in [0.4, 0.5) is 5.69 Å². The Morgan fingerprint density at radius 2 is 1.85 bits per heavy atom. The number of benzene rings is 2. The number of hydrogen-bond donors (Lipinski definition) is 1. The fourth-order valence-corrected chi connectivity index (χ4v) is 5.14. The van der Waals surface area contributed by atoms with Crippen molar-refractivity contribution in [1.29, 1.82) is 0 Å². The van der Waals surface area contributed by atoms with Gasteiger partial charge in [-0.05, 0) is 42.7 Å². The lowest BCUT2D eigenvalue weighted by Crippen LogP contribution is -2.43. The minimum Gasteiger partial charge on any atom is -0.382 e. The van der Waals surface area contributed by atoms with Crippen LogP contribution in [0, 0.1) is 5.92 Å². The largest absolute Gasteiger partial charge is 0.382 e. The van der Waals surface area contributed by atoms with Gasteiger partial charge in [-0.25, -0.2) is 4.99 Å². The number of aliphatic imine (C=N–C) groups is 2. The summed E-state index contributed by atoms with van der Waals surface area (Å²) >= 11 is 7.52. The van der Waals surface area contributed by atoms with Gasteiger partial charge in [0, 0.05) is 10.9 Å². The van der Waals surface area contributed by atoms with E-state index in [4.69, 9.17) is 21.6 Å². The topological polar surface area (TPSA) is 45.0 Å². The van der Waals surface area contributed by atoms with E-state index in [0.717, 1.165) is 47.0 Å². The summed E-state index contributed by atoms with van der Waals surface area (Å²) in [7, 11) is 0. The third-order valence-electron chi connectivity index (χ3n) is 5.06. The summed E-state index contributed by atoms with van der Waals surface area (Å²) in [5.74, 6) is 0.0476. The van der Waals surface area contributed by atoms with Gasteiger partial charge in [-0.1, -0.05) is 66.5 Å². The summed E-state index contributed by atoms with van der Waals surface area (Å²) in [6.07, 6.45) is 3.88. The van der Waals surface area contributed by atoms with Crippen LogP contribution in [-0.2, 0) is 6.54 Å². The Labute approximate surface area is 163 Å². The minimum atomic E-state index is -0.858. The number of rotatable bonds is 3. The molecule has 0 radical (unpaired) electrons. The van der Waals surface area contributed by atoms with Crippen molar-refractivity contribution >= 4 is 39.1 Å². The Hall–Kier alpha value is -1.62. The molecule has 2 atom stereocenters. The van der Waals surface area contributed by atoms with Gasteiger partial charge in [0.15, 0.2) is 0 Å². The van der Waals surface area contributed by atoms with Crippen LogP contribution in [0.1, 0.15) is 31.2 Å². The number of nitrogens with zero attached hydrogens (tertiary/aromatic N) is 2. The Morgan fingerprint density at radius 1 is 1.08 bits per heavy atom. The van der Waals surface area contributed by atoms with Gasteiger partial charge < -0.3 is 5.11 Å². The third-order valence-corrected chi connectivity index (χ3v) is 6.57. The number of fused-ring (bicyclic) bond motifs is 1. The molecule has 134 valence electrons. The molecule has 3 nitrogen and oxygen atoms in total. The van der Waals surface area contributed by atoms with Gasteiger partial charge in [-0.15, -0.1) is 0 Å². The van der Waals surface area contributed by atoms with E-state index in [0.29, 0.717) is 11.6 Å². The summed E-state index contributed by atoms with van der Waals surface area (Å²) < 4.78 is 0. The number of thioether (sulfide) groups is 1. The second-order valence-corrected chi connectivity index (χ2v) is 8.30. The maximum absolute atomic E-state index is 11.4. The van der Waals surface area contributed by atoms with E-state index in [1.54, 1.807) is 11.8 Å². The van der Waals surface area contributed by atoms with E-state index >= 15 is 0 Å². The predicted octanol–water partition coefficient (Wildman–Crippen LogP) is 5.64. The van der Waals surface area contributed by atoms with Gasteiger partial charge in [0.2, 0.25) is 0 Å².